The predicted octanol–water partition coefficient (Wildman–Crippen LogP) is 4.17. The number of hydrogen-bond donors (Lipinski definition) is 0. The Labute approximate surface area is 90.1 Å². The Kier molecular flexibility index (Phi) is 4.95. The highest BCUT2D eigenvalue weighted by molar-refractivity contribution is 6.20. The molecule has 0 radical (unpaired) electrons. The molecule has 2 heteroatoms. The van der Waals surface area contributed by atoms with E-state index in [0.29, 0.717) is 6.42 Å². The van der Waals surface area contributed by atoms with E-state index in [1.807, 2.05) is 6.07 Å². The molecule has 0 aliphatic carbocycles. The van der Waals surface area contributed by atoms with Gasteiger partial charge in [0.15, 0.2) is 0 Å². The van der Waals surface area contributed by atoms with E-state index in [-0.39, 0.29) is 11.2 Å². The fourth-order valence-electron chi connectivity index (χ4n) is 1.43. The Balaban J connectivity index is 2.47. The van der Waals surface area contributed by atoms with E-state index in [2.05, 4.69) is 6.92 Å². The maximum atomic E-state index is 13.2. The molecule has 0 saturated carbocycles. The van der Waals surface area contributed by atoms with Gasteiger partial charge in [0.2, 0.25) is 0 Å². The second-order valence-corrected chi connectivity index (χ2v) is 4.15. The van der Waals surface area contributed by atoms with Crippen molar-refractivity contribution in [1.82, 2.24) is 0 Å². The van der Waals surface area contributed by atoms with E-state index >= 15 is 0 Å². The first-order chi connectivity index (χ1) is 6.74. The van der Waals surface area contributed by atoms with Crippen molar-refractivity contribution < 1.29 is 4.39 Å². The summed E-state index contributed by atoms with van der Waals surface area (Å²) in [5.41, 5.74) is 0.726. The molecule has 1 aromatic rings. The predicted molar refractivity (Wildman–Crippen MR) is 59.3 cm³/mol. The van der Waals surface area contributed by atoms with Gasteiger partial charge < -0.3 is 0 Å². The van der Waals surface area contributed by atoms with Gasteiger partial charge >= 0.3 is 0 Å². The van der Waals surface area contributed by atoms with Gasteiger partial charge in [-0.05, 0) is 24.5 Å². The summed E-state index contributed by atoms with van der Waals surface area (Å²) in [6.45, 7) is 2.13. The monoisotopic (exact) mass is 214 g/mol. The fraction of sp³-hybridized carbons (Fsp3) is 0.500. The van der Waals surface area contributed by atoms with Crippen LogP contribution in [0.15, 0.2) is 24.3 Å². The van der Waals surface area contributed by atoms with Gasteiger partial charge in [0, 0.05) is 5.38 Å². The van der Waals surface area contributed by atoms with Crippen LogP contribution in [-0.2, 0) is 6.42 Å². The number of benzene rings is 1. The minimum atomic E-state index is -0.144. The molecule has 0 bridgehead atoms. The summed E-state index contributed by atoms with van der Waals surface area (Å²) < 4.78 is 13.2. The second-order valence-electron chi connectivity index (χ2n) is 3.54. The van der Waals surface area contributed by atoms with Crippen molar-refractivity contribution in [3.8, 4) is 0 Å². The Hall–Kier alpha value is -0.560. The first-order valence-electron chi connectivity index (χ1n) is 5.11. The van der Waals surface area contributed by atoms with Crippen LogP contribution in [0.2, 0.25) is 0 Å². The number of unbranched alkanes of at least 4 members (excludes halogenated alkanes) is 1. The van der Waals surface area contributed by atoms with Crippen LogP contribution < -0.4 is 0 Å². The van der Waals surface area contributed by atoms with Crippen molar-refractivity contribution in [1.29, 1.82) is 0 Å². The van der Waals surface area contributed by atoms with Gasteiger partial charge in [-0.25, -0.2) is 4.39 Å². The van der Waals surface area contributed by atoms with Crippen molar-refractivity contribution in [3.63, 3.8) is 0 Å². The smallest absolute Gasteiger partial charge is 0.126 e. The Morgan fingerprint density at radius 1 is 1.36 bits per heavy atom. The third-order valence-corrected chi connectivity index (χ3v) is 2.64. The summed E-state index contributed by atoms with van der Waals surface area (Å²) >= 11 is 6.10. The number of halogens is 2. The lowest BCUT2D eigenvalue weighted by atomic mass is 10.1. The van der Waals surface area contributed by atoms with Gasteiger partial charge in [-0.3, -0.25) is 0 Å². The molecule has 1 rings (SSSR count). The lowest BCUT2D eigenvalue weighted by molar-refractivity contribution is 0.596. The molecule has 1 unspecified atom stereocenters. The fourth-order valence-corrected chi connectivity index (χ4v) is 1.75. The maximum Gasteiger partial charge on any atom is 0.126 e. The summed E-state index contributed by atoms with van der Waals surface area (Å²) in [4.78, 5) is 0. The number of rotatable bonds is 5. The minimum absolute atomic E-state index is 0.0619. The molecule has 78 valence electrons. The van der Waals surface area contributed by atoms with E-state index in [4.69, 9.17) is 11.6 Å². The zero-order valence-corrected chi connectivity index (χ0v) is 9.23. The van der Waals surface area contributed by atoms with Crippen LogP contribution in [0.4, 0.5) is 4.39 Å². The average Bonchev–Trinajstić information content (AvgIpc) is 2.18. The van der Waals surface area contributed by atoms with E-state index < -0.39 is 0 Å². The van der Waals surface area contributed by atoms with Gasteiger partial charge in [-0.2, -0.15) is 0 Å². The molecule has 1 aromatic carbocycles. The van der Waals surface area contributed by atoms with Crippen LogP contribution in [0.5, 0.6) is 0 Å². The lowest BCUT2D eigenvalue weighted by Gasteiger charge is -2.09. The Morgan fingerprint density at radius 2 is 2.07 bits per heavy atom. The topological polar surface area (TPSA) is 0 Å². The van der Waals surface area contributed by atoms with Crippen LogP contribution in [-0.4, -0.2) is 5.38 Å². The van der Waals surface area contributed by atoms with Gasteiger partial charge in [-0.15, -0.1) is 11.6 Å². The van der Waals surface area contributed by atoms with Crippen molar-refractivity contribution in [2.45, 2.75) is 38.0 Å². The summed E-state index contributed by atoms with van der Waals surface area (Å²) in [7, 11) is 0. The van der Waals surface area contributed by atoms with Gasteiger partial charge in [-0.1, -0.05) is 38.0 Å². The van der Waals surface area contributed by atoms with E-state index in [0.717, 1.165) is 24.8 Å². The quantitative estimate of drug-likeness (QED) is 0.646. The highest BCUT2D eigenvalue weighted by Gasteiger charge is 2.08. The summed E-state index contributed by atoms with van der Waals surface area (Å²) in [5.74, 6) is -0.144. The molecule has 0 aliphatic heterocycles. The zero-order valence-electron chi connectivity index (χ0n) is 8.47. The third kappa shape index (κ3) is 3.67. The number of alkyl halides is 1. The van der Waals surface area contributed by atoms with Gasteiger partial charge in [0.25, 0.3) is 0 Å². The number of hydrogen-bond acceptors (Lipinski definition) is 0. The van der Waals surface area contributed by atoms with E-state index in [1.165, 1.54) is 6.07 Å². The molecule has 0 fully saturated rings. The minimum Gasteiger partial charge on any atom is -0.207 e. The third-order valence-electron chi connectivity index (χ3n) is 2.27. The van der Waals surface area contributed by atoms with Crippen LogP contribution >= 0.6 is 11.6 Å². The molecule has 1 atom stereocenters. The van der Waals surface area contributed by atoms with Crippen molar-refractivity contribution in [2.24, 2.45) is 0 Å². The molecule has 0 saturated heterocycles. The highest BCUT2D eigenvalue weighted by atomic mass is 35.5. The molecule has 0 aromatic heterocycles. The molecule has 0 heterocycles. The van der Waals surface area contributed by atoms with Gasteiger partial charge in [0.05, 0.1) is 0 Å². The Morgan fingerprint density at radius 3 is 2.71 bits per heavy atom. The largest absolute Gasteiger partial charge is 0.207 e. The van der Waals surface area contributed by atoms with Crippen LogP contribution in [0.1, 0.15) is 31.7 Å². The van der Waals surface area contributed by atoms with E-state index in [9.17, 15) is 4.39 Å². The maximum absolute atomic E-state index is 13.2. The first-order valence-corrected chi connectivity index (χ1v) is 5.55. The molecule has 0 nitrogen and oxygen atoms in total. The average molecular weight is 215 g/mol. The highest BCUT2D eigenvalue weighted by Crippen LogP contribution is 2.16. The van der Waals surface area contributed by atoms with Crippen molar-refractivity contribution in [3.05, 3.63) is 35.6 Å². The van der Waals surface area contributed by atoms with Gasteiger partial charge in [0.1, 0.15) is 5.82 Å². The molecule has 0 spiro atoms. The Bertz CT molecular complexity index is 273. The standard InChI is InChI=1S/C12H16ClF/c1-2-3-7-11(13)9-10-6-4-5-8-12(10)14/h4-6,8,11H,2-3,7,9H2,1H3. The second kappa shape index (κ2) is 6.02. The molecular weight excluding hydrogens is 199 g/mol. The summed E-state index contributed by atoms with van der Waals surface area (Å²) in [6, 6.07) is 6.84. The molecule has 0 amide bonds. The van der Waals surface area contributed by atoms with Crippen LogP contribution in [0.25, 0.3) is 0 Å². The first kappa shape index (κ1) is 11.5. The lowest BCUT2D eigenvalue weighted by Crippen LogP contribution is -2.04. The summed E-state index contributed by atoms with van der Waals surface area (Å²) in [6.07, 6.45) is 3.85. The molecule has 0 aliphatic rings. The normalized spacial score (nSPS) is 12.8. The molecule has 14 heavy (non-hydrogen) atoms. The summed E-state index contributed by atoms with van der Waals surface area (Å²) in [5, 5.41) is 0.0619. The van der Waals surface area contributed by atoms with Crippen molar-refractivity contribution in [2.75, 3.05) is 0 Å². The molecular formula is C12H16ClF. The SMILES string of the molecule is CCCCC(Cl)Cc1ccccc1F. The molecule has 0 N–H and O–H groups in total. The van der Waals surface area contributed by atoms with Crippen LogP contribution in [0, 0.1) is 5.82 Å². The van der Waals surface area contributed by atoms with E-state index in [1.54, 1.807) is 12.1 Å². The van der Waals surface area contributed by atoms with Crippen LogP contribution in [0.3, 0.4) is 0 Å². The zero-order chi connectivity index (χ0) is 10.4. The van der Waals surface area contributed by atoms with Crippen molar-refractivity contribution >= 4 is 11.6 Å².